The summed E-state index contributed by atoms with van der Waals surface area (Å²) in [5, 5.41) is 19.3. The van der Waals surface area contributed by atoms with Crippen molar-refractivity contribution in [1.29, 1.82) is 0 Å². The molecule has 3 rings (SSSR count). The average Bonchev–Trinajstić information content (AvgIpc) is 2.69. The minimum Gasteiger partial charge on any atom is -0.504 e. The van der Waals surface area contributed by atoms with E-state index in [4.69, 9.17) is 21.7 Å². The molecule has 0 bridgehead atoms. The lowest BCUT2D eigenvalue weighted by Crippen LogP contribution is -2.45. The van der Waals surface area contributed by atoms with Crippen LogP contribution in [0.25, 0.3) is 0 Å². The second-order valence-electron chi connectivity index (χ2n) is 6.41. The van der Waals surface area contributed by atoms with Gasteiger partial charge in [-0.2, -0.15) is 0 Å². The number of carbonyl (C=O) groups excluding carboxylic acids is 1. The minimum absolute atomic E-state index is 0.0221. The molecule has 0 fully saturated rings. The Bertz CT molecular complexity index is 957. The van der Waals surface area contributed by atoms with Gasteiger partial charge in [-0.15, -0.1) is 0 Å². The number of phenolic OH excluding ortho intramolecular Hbond substituents is 1. The van der Waals surface area contributed by atoms with Gasteiger partial charge in [-0.25, -0.2) is 0 Å². The minimum atomic E-state index is -0.499. The Labute approximate surface area is 174 Å². The van der Waals surface area contributed by atoms with Crippen molar-refractivity contribution in [1.82, 2.24) is 10.6 Å². The van der Waals surface area contributed by atoms with Crippen LogP contribution in [0.1, 0.15) is 25.5 Å². The molecule has 0 saturated carbocycles. The number of anilines is 1. The van der Waals surface area contributed by atoms with Crippen LogP contribution in [0.2, 0.25) is 0 Å². The van der Waals surface area contributed by atoms with Crippen LogP contribution in [-0.4, -0.2) is 29.8 Å². The standard InChI is InChI=1S/C21H23N3O4S/c1-4-28-15-8-6-14(7-9-15)23-20(26)18-12(2)22-21(29)24-19(18)13-5-10-16(25)17(11-13)27-3/h5-11,19,25H,4H2,1-3H3,(H,23,26)(H2,22,24,29)/t19-/m1/s1. The molecular formula is C21H23N3O4S. The monoisotopic (exact) mass is 413 g/mol. The lowest BCUT2D eigenvalue weighted by Gasteiger charge is -2.30. The predicted molar refractivity (Wildman–Crippen MR) is 115 cm³/mol. The molecule has 7 nitrogen and oxygen atoms in total. The van der Waals surface area contributed by atoms with Crippen LogP contribution in [0.3, 0.4) is 0 Å². The van der Waals surface area contributed by atoms with Gasteiger partial charge >= 0.3 is 0 Å². The van der Waals surface area contributed by atoms with E-state index in [1.54, 1.807) is 43.3 Å². The highest BCUT2D eigenvalue weighted by Crippen LogP contribution is 2.34. The SMILES string of the molecule is CCOc1ccc(NC(=O)C2=C(C)NC(=S)N[C@@H]2c2ccc(O)c(OC)c2)cc1. The molecule has 1 amide bonds. The normalized spacial score (nSPS) is 16.0. The molecule has 2 aromatic carbocycles. The third-order valence-electron chi connectivity index (χ3n) is 4.47. The molecular weight excluding hydrogens is 390 g/mol. The van der Waals surface area contributed by atoms with Crippen LogP contribution >= 0.6 is 12.2 Å². The number of thiocarbonyl (C=S) groups is 1. The molecule has 0 saturated heterocycles. The summed E-state index contributed by atoms with van der Waals surface area (Å²) in [4.78, 5) is 13.1. The van der Waals surface area contributed by atoms with Crippen molar-refractivity contribution < 1.29 is 19.4 Å². The highest BCUT2D eigenvalue weighted by atomic mass is 32.1. The highest BCUT2D eigenvalue weighted by molar-refractivity contribution is 7.80. The van der Waals surface area contributed by atoms with Crippen molar-refractivity contribution in [3.05, 3.63) is 59.3 Å². The van der Waals surface area contributed by atoms with Gasteiger partial charge in [0.2, 0.25) is 0 Å². The summed E-state index contributed by atoms with van der Waals surface area (Å²) in [5.74, 6) is 0.805. The van der Waals surface area contributed by atoms with Crippen LogP contribution in [0.15, 0.2) is 53.7 Å². The molecule has 8 heteroatoms. The molecule has 1 heterocycles. The Morgan fingerprint density at radius 2 is 1.97 bits per heavy atom. The summed E-state index contributed by atoms with van der Waals surface area (Å²) < 4.78 is 10.6. The average molecular weight is 413 g/mol. The number of benzene rings is 2. The van der Waals surface area contributed by atoms with E-state index in [9.17, 15) is 9.90 Å². The zero-order valence-electron chi connectivity index (χ0n) is 16.4. The topological polar surface area (TPSA) is 91.9 Å². The largest absolute Gasteiger partial charge is 0.504 e. The second-order valence-corrected chi connectivity index (χ2v) is 6.82. The maximum absolute atomic E-state index is 13.1. The first kappa shape index (κ1) is 20.5. The van der Waals surface area contributed by atoms with Crippen LogP contribution < -0.4 is 25.4 Å². The Kier molecular flexibility index (Phi) is 6.23. The fourth-order valence-corrected chi connectivity index (χ4v) is 3.39. The number of aromatic hydroxyl groups is 1. The number of allylic oxidation sites excluding steroid dienone is 1. The molecule has 0 aliphatic carbocycles. The van der Waals surface area contributed by atoms with E-state index in [1.165, 1.54) is 13.2 Å². The summed E-state index contributed by atoms with van der Waals surface area (Å²) in [7, 11) is 1.47. The molecule has 1 aliphatic rings. The van der Waals surface area contributed by atoms with E-state index >= 15 is 0 Å². The molecule has 2 aromatic rings. The van der Waals surface area contributed by atoms with Crippen LogP contribution in [-0.2, 0) is 4.79 Å². The van der Waals surface area contributed by atoms with Crippen molar-refractivity contribution >= 4 is 28.9 Å². The Morgan fingerprint density at radius 1 is 1.24 bits per heavy atom. The van der Waals surface area contributed by atoms with Gasteiger partial charge < -0.3 is 30.5 Å². The summed E-state index contributed by atoms with van der Waals surface area (Å²) in [5.41, 5.74) is 2.52. The number of hydrogen-bond donors (Lipinski definition) is 4. The molecule has 1 atom stereocenters. The Morgan fingerprint density at radius 3 is 2.62 bits per heavy atom. The van der Waals surface area contributed by atoms with Crippen LogP contribution in [0.4, 0.5) is 5.69 Å². The number of phenols is 1. The quantitative estimate of drug-likeness (QED) is 0.541. The van der Waals surface area contributed by atoms with Gasteiger partial charge in [0, 0.05) is 11.4 Å². The van der Waals surface area contributed by atoms with Gasteiger partial charge in [0.05, 0.1) is 25.3 Å². The van der Waals surface area contributed by atoms with Gasteiger partial charge in [0.15, 0.2) is 16.6 Å². The van der Waals surface area contributed by atoms with E-state index in [-0.39, 0.29) is 11.7 Å². The maximum Gasteiger partial charge on any atom is 0.255 e. The molecule has 29 heavy (non-hydrogen) atoms. The summed E-state index contributed by atoms with van der Waals surface area (Å²) in [6.07, 6.45) is 0. The van der Waals surface area contributed by atoms with E-state index in [0.29, 0.717) is 34.4 Å². The molecule has 0 radical (unpaired) electrons. The fraction of sp³-hybridized carbons (Fsp3) is 0.238. The third-order valence-corrected chi connectivity index (χ3v) is 4.69. The molecule has 0 spiro atoms. The molecule has 152 valence electrons. The zero-order chi connectivity index (χ0) is 21.0. The number of rotatable bonds is 6. The second kappa shape index (κ2) is 8.83. The number of carbonyl (C=O) groups is 1. The van der Waals surface area contributed by atoms with Gasteiger partial charge in [-0.1, -0.05) is 6.07 Å². The first-order chi connectivity index (χ1) is 13.9. The molecule has 1 aliphatic heterocycles. The third kappa shape index (κ3) is 4.60. The first-order valence-electron chi connectivity index (χ1n) is 9.12. The first-order valence-corrected chi connectivity index (χ1v) is 9.53. The van der Waals surface area contributed by atoms with Gasteiger partial charge in [0.25, 0.3) is 5.91 Å². The van der Waals surface area contributed by atoms with Crippen molar-refractivity contribution in [3.8, 4) is 17.2 Å². The molecule has 4 N–H and O–H groups in total. The smallest absolute Gasteiger partial charge is 0.255 e. The highest BCUT2D eigenvalue weighted by Gasteiger charge is 2.30. The van der Waals surface area contributed by atoms with Crippen LogP contribution in [0, 0.1) is 0 Å². The predicted octanol–water partition coefficient (Wildman–Crippen LogP) is 3.23. The lowest BCUT2D eigenvalue weighted by molar-refractivity contribution is -0.113. The van der Waals surface area contributed by atoms with Crippen molar-refractivity contribution in [2.45, 2.75) is 19.9 Å². The molecule has 0 unspecified atom stereocenters. The van der Waals surface area contributed by atoms with E-state index < -0.39 is 6.04 Å². The number of nitrogens with one attached hydrogen (secondary N) is 3. The number of ether oxygens (including phenoxy) is 2. The van der Waals surface area contributed by atoms with Crippen LogP contribution in [0.5, 0.6) is 17.2 Å². The zero-order valence-corrected chi connectivity index (χ0v) is 17.2. The summed E-state index contributed by atoms with van der Waals surface area (Å²) in [6.45, 7) is 4.29. The van der Waals surface area contributed by atoms with Gasteiger partial charge in [0.1, 0.15) is 5.75 Å². The Hall–Kier alpha value is -3.26. The summed E-state index contributed by atoms with van der Waals surface area (Å²) >= 11 is 5.27. The van der Waals surface area contributed by atoms with E-state index in [1.807, 2.05) is 6.92 Å². The molecule has 0 aromatic heterocycles. The van der Waals surface area contributed by atoms with Crippen molar-refractivity contribution in [3.63, 3.8) is 0 Å². The van der Waals surface area contributed by atoms with Crippen molar-refractivity contribution in [2.75, 3.05) is 19.0 Å². The Balaban J connectivity index is 1.90. The number of amides is 1. The van der Waals surface area contributed by atoms with Gasteiger partial charge in [-0.3, -0.25) is 4.79 Å². The van der Waals surface area contributed by atoms with E-state index in [0.717, 1.165) is 11.3 Å². The fourth-order valence-electron chi connectivity index (χ4n) is 3.12. The van der Waals surface area contributed by atoms with Gasteiger partial charge in [-0.05, 0) is 68.0 Å². The number of methoxy groups -OCH3 is 1. The van der Waals surface area contributed by atoms with E-state index in [2.05, 4.69) is 16.0 Å². The summed E-state index contributed by atoms with van der Waals surface area (Å²) in [6, 6.07) is 11.6. The number of hydrogen-bond acceptors (Lipinski definition) is 5. The van der Waals surface area contributed by atoms with Crippen molar-refractivity contribution in [2.24, 2.45) is 0 Å². The lowest BCUT2D eigenvalue weighted by atomic mass is 9.94. The maximum atomic E-state index is 13.1.